The van der Waals surface area contributed by atoms with Gasteiger partial charge in [0.25, 0.3) is 0 Å². The first kappa shape index (κ1) is 17.7. The fraction of sp³-hybridized carbons (Fsp3) is 0.286. The number of nitrogens with zero attached hydrogens (tertiary/aromatic N) is 2. The second kappa shape index (κ2) is 5.70. The van der Waals surface area contributed by atoms with Gasteiger partial charge in [-0.1, -0.05) is 17.4 Å². The molecule has 0 radical (unpaired) electrons. The summed E-state index contributed by atoms with van der Waals surface area (Å²) < 4.78 is 62.6. The molecule has 0 atom stereocenters. The predicted molar refractivity (Wildman–Crippen MR) is 86.2 cm³/mol. The third-order valence-corrected chi connectivity index (χ3v) is 6.76. The Morgan fingerprint density at radius 2 is 2.00 bits per heavy atom. The first-order chi connectivity index (χ1) is 11.5. The molecule has 1 aromatic heterocycles. The van der Waals surface area contributed by atoms with Crippen molar-refractivity contribution in [3.8, 4) is 0 Å². The lowest BCUT2D eigenvalue weighted by atomic mass is 10.0. The molecule has 0 saturated heterocycles. The average molecular weight is 392 g/mol. The van der Waals surface area contributed by atoms with E-state index in [4.69, 9.17) is 0 Å². The van der Waals surface area contributed by atoms with Gasteiger partial charge in [0.15, 0.2) is 14.8 Å². The van der Waals surface area contributed by atoms with Crippen LogP contribution in [0.3, 0.4) is 0 Å². The molecular formula is C14H11F3N2O4S2. The van der Waals surface area contributed by atoms with Gasteiger partial charge >= 0.3 is 11.9 Å². The van der Waals surface area contributed by atoms with E-state index >= 15 is 0 Å². The fourth-order valence-corrected chi connectivity index (χ4v) is 4.84. The number of rotatable bonds is 3. The van der Waals surface area contributed by atoms with Gasteiger partial charge in [-0.3, -0.25) is 10.1 Å². The normalized spacial score (nSPS) is 14.6. The number of sulfone groups is 1. The van der Waals surface area contributed by atoms with E-state index in [2.05, 4.69) is 0 Å². The van der Waals surface area contributed by atoms with Gasteiger partial charge in [-0.2, -0.15) is 13.2 Å². The van der Waals surface area contributed by atoms with Crippen molar-refractivity contribution in [1.29, 1.82) is 0 Å². The molecule has 25 heavy (non-hydrogen) atoms. The SMILES string of the molecule is CS(=O)(=O)c1cc([N+](=O)[O-])c(N2CCc3c2cccc3C(F)(F)F)s1. The zero-order valence-corrected chi connectivity index (χ0v) is 14.3. The van der Waals surface area contributed by atoms with Crippen molar-refractivity contribution in [2.45, 2.75) is 16.8 Å². The van der Waals surface area contributed by atoms with Crippen molar-refractivity contribution in [1.82, 2.24) is 0 Å². The van der Waals surface area contributed by atoms with Crippen LogP contribution in [0, 0.1) is 10.1 Å². The number of hydrogen-bond acceptors (Lipinski definition) is 6. The predicted octanol–water partition coefficient (Wildman–Crippen LogP) is 3.77. The maximum Gasteiger partial charge on any atom is 0.416 e. The molecule has 0 bridgehead atoms. The molecule has 0 unspecified atom stereocenters. The van der Waals surface area contributed by atoms with Crippen molar-refractivity contribution < 1.29 is 26.5 Å². The maximum absolute atomic E-state index is 13.1. The maximum atomic E-state index is 13.1. The van der Waals surface area contributed by atoms with Crippen LogP contribution < -0.4 is 4.90 Å². The number of anilines is 2. The van der Waals surface area contributed by atoms with Gasteiger partial charge in [-0.25, -0.2) is 8.42 Å². The third kappa shape index (κ3) is 3.09. The van der Waals surface area contributed by atoms with Crippen LogP contribution in [0.15, 0.2) is 28.5 Å². The lowest BCUT2D eigenvalue weighted by Crippen LogP contribution is -2.13. The highest BCUT2D eigenvalue weighted by Gasteiger charge is 2.38. The smallest absolute Gasteiger partial charge is 0.327 e. The van der Waals surface area contributed by atoms with Crippen LogP contribution in [-0.2, 0) is 22.4 Å². The lowest BCUT2D eigenvalue weighted by molar-refractivity contribution is -0.383. The van der Waals surface area contributed by atoms with Crippen molar-refractivity contribution in [2.75, 3.05) is 17.7 Å². The lowest BCUT2D eigenvalue weighted by Gasteiger charge is -2.18. The molecule has 1 aromatic carbocycles. The number of fused-ring (bicyclic) bond motifs is 1. The van der Waals surface area contributed by atoms with Crippen LogP contribution in [0.5, 0.6) is 0 Å². The van der Waals surface area contributed by atoms with Crippen molar-refractivity contribution in [3.05, 3.63) is 45.5 Å². The highest BCUT2D eigenvalue weighted by Crippen LogP contribution is 2.48. The van der Waals surface area contributed by atoms with E-state index in [9.17, 15) is 31.7 Å². The second-order valence-corrected chi connectivity index (χ2v) is 8.76. The molecule has 0 amide bonds. The van der Waals surface area contributed by atoms with E-state index in [1.54, 1.807) is 0 Å². The molecule has 0 spiro atoms. The Bertz CT molecular complexity index is 967. The molecule has 134 valence electrons. The van der Waals surface area contributed by atoms with Crippen molar-refractivity contribution >= 4 is 37.5 Å². The Morgan fingerprint density at radius 1 is 1.32 bits per heavy atom. The number of benzene rings is 1. The Morgan fingerprint density at radius 3 is 2.56 bits per heavy atom. The minimum absolute atomic E-state index is 0.0171. The quantitative estimate of drug-likeness (QED) is 0.587. The van der Waals surface area contributed by atoms with Gasteiger partial charge < -0.3 is 4.90 Å². The van der Waals surface area contributed by atoms with E-state index in [1.807, 2.05) is 0 Å². The third-order valence-electron chi connectivity index (χ3n) is 3.81. The van der Waals surface area contributed by atoms with Crippen LogP contribution in [0.1, 0.15) is 11.1 Å². The Labute approximate surface area is 144 Å². The zero-order valence-electron chi connectivity index (χ0n) is 12.7. The molecule has 0 saturated carbocycles. The second-order valence-electron chi connectivity index (χ2n) is 5.49. The van der Waals surface area contributed by atoms with Crippen LogP contribution in [0.4, 0.5) is 29.5 Å². The summed E-state index contributed by atoms with van der Waals surface area (Å²) in [5.74, 6) is 0. The van der Waals surface area contributed by atoms with Gasteiger partial charge in [-0.05, 0) is 24.1 Å². The highest BCUT2D eigenvalue weighted by molar-refractivity contribution is 7.92. The fourth-order valence-electron chi connectivity index (χ4n) is 2.77. The summed E-state index contributed by atoms with van der Waals surface area (Å²) >= 11 is 0.684. The minimum Gasteiger partial charge on any atom is -0.327 e. The summed E-state index contributed by atoms with van der Waals surface area (Å²) in [6.45, 7) is 0.104. The van der Waals surface area contributed by atoms with Gasteiger partial charge in [0.2, 0.25) is 0 Å². The first-order valence-corrected chi connectivity index (χ1v) is 9.66. The number of hydrogen-bond donors (Lipinski definition) is 0. The van der Waals surface area contributed by atoms with Crippen LogP contribution in [0.25, 0.3) is 0 Å². The van der Waals surface area contributed by atoms with Gasteiger partial charge in [0.05, 0.1) is 10.5 Å². The van der Waals surface area contributed by atoms with Gasteiger partial charge in [-0.15, -0.1) is 0 Å². The van der Waals surface area contributed by atoms with E-state index in [1.165, 1.54) is 17.0 Å². The molecule has 6 nitrogen and oxygen atoms in total. The Balaban J connectivity index is 2.16. The van der Waals surface area contributed by atoms with Crippen molar-refractivity contribution in [3.63, 3.8) is 0 Å². The summed E-state index contributed by atoms with van der Waals surface area (Å²) in [5.41, 5.74) is -0.954. The molecule has 0 N–H and O–H groups in total. The molecule has 2 aromatic rings. The number of alkyl halides is 3. The number of nitro groups is 1. The van der Waals surface area contributed by atoms with Crippen molar-refractivity contribution in [2.24, 2.45) is 0 Å². The summed E-state index contributed by atoms with van der Waals surface area (Å²) in [6, 6.07) is 4.59. The van der Waals surface area contributed by atoms with Crippen LogP contribution >= 0.6 is 11.3 Å². The summed E-state index contributed by atoms with van der Waals surface area (Å²) in [4.78, 5) is 11.9. The molecule has 0 fully saturated rings. The van der Waals surface area contributed by atoms with Gasteiger partial charge in [0.1, 0.15) is 4.21 Å². The molecule has 11 heteroatoms. The largest absolute Gasteiger partial charge is 0.416 e. The Kier molecular flexibility index (Phi) is 4.03. The zero-order chi connectivity index (χ0) is 18.6. The van der Waals surface area contributed by atoms with Crippen LogP contribution in [0.2, 0.25) is 0 Å². The molecule has 2 heterocycles. The van der Waals surface area contributed by atoms with E-state index < -0.39 is 32.2 Å². The first-order valence-electron chi connectivity index (χ1n) is 6.95. The molecule has 1 aliphatic heterocycles. The van der Waals surface area contributed by atoms with Crippen LogP contribution in [-0.4, -0.2) is 26.1 Å². The van der Waals surface area contributed by atoms with E-state index in [0.29, 0.717) is 11.3 Å². The number of halogens is 3. The molecule has 3 rings (SSSR count). The topological polar surface area (TPSA) is 80.5 Å². The molecule has 1 aliphatic rings. The van der Waals surface area contributed by atoms with E-state index in [0.717, 1.165) is 18.4 Å². The number of thiophene rings is 1. The summed E-state index contributed by atoms with van der Waals surface area (Å²) in [6.07, 6.45) is -3.54. The Hall–Kier alpha value is -2.14. The summed E-state index contributed by atoms with van der Waals surface area (Å²) in [5, 5.41) is 11.3. The minimum atomic E-state index is -4.53. The molecular weight excluding hydrogens is 381 g/mol. The highest BCUT2D eigenvalue weighted by atomic mass is 32.2. The average Bonchev–Trinajstić information content (AvgIpc) is 3.08. The molecule has 0 aliphatic carbocycles. The van der Waals surface area contributed by atoms with Gasteiger partial charge in [0, 0.05) is 24.6 Å². The monoisotopic (exact) mass is 392 g/mol. The van der Waals surface area contributed by atoms with E-state index in [-0.39, 0.29) is 33.4 Å². The summed E-state index contributed by atoms with van der Waals surface area (Å²) in [7, 11) is -3.67. The standard InChI is InChI=1S/C14H11F3N2O4S2/c1-25(22,23)12-7-11(19(20)21)13(24-12)18-6-5-8-9(14(15,16)17)3-2-4-10(8)18/h2-4,7H,5-6H2,1H3.